The highest BCUT2D eigenvalue weighted by atomic mass is 79.9. The molecule has 28 heavy (non-hydrogen) atoms. The first-order valence-electron chi connectivity index (χ1n) is 9.80. The Morgan fingerprint density at radius 2 is 2.07 bits per heavy atom. The summed E-state index contributed by atoms with van der Waals surface area (Å²) in [5.41, 5.74) is 8.21. The van der Waals surface area contributed by atoms with Crippen LogP contribution < -0.4 is 11.1 Å². The Bertz CT molecular complexity index is 834. The first kappa shape index (κ1) is 21.1. The Morgan fingerprint density at radius 1 is 1.29 bits per heavy atom. The highest BCUT2D eigenvalue weighted by Crippen LogP contribution is 2.32. The van der Waals surface area contributed by atoms with Crippen molar-refractivity contribution in [2.24, 2.45) is 0 Å². The van der Waals surface area contributed by atoms with E-state index in [9.17, 15) is 0 Å². The van der Waals surface area contributed by atoms with Gasteiger partial charge >= 0.3 is 0 Å². The maximum Gasteiger partial charge on any atom is 0.222 e. The lowest BCUT2D eigenvalue weighted by molar-refractivity contribution is 0.327. The number of nitrogens with two attached hydrogens (primary N) is 1. The number of unbranched alkanes of at least 4 members (excludes halogenated alkanes) is 1. The second-order valence-electron chi connectivity index (χ2n) is 7.08. The molecular weight excluding hydrogens is 434 g/mol. The third kappa shape index (κ3) is 6.22. The summed E-state index contributed by atoms with van der Waals surface area (Å²) in [6.07, 6.45) is 6.85. The minimum absolute atomic E-state index is 0.317. The Hall–Kier alpha value is -1.57. The van der Waals surface area contributed by atoms with Gasteiger partial charge in [0.2, 0.25) is 5.95 Å². The van der Waals surface area contributed by atoms with Crippen molar-refractivity contribution in [1.82, 2.24) is 14.9 Å². The summed E-state index contributed by atoms with van der Waals surface area (Å²) in [7, 11) is 0. The van der Waals surface area contributed by atoms with Crippen molar-refractivity contribution in [3.8, 4) is 0 Å². The summed E-state index contributed by atoms with van der Waals surface area (Å²) in [6, 6.07) is 8.36. The molecule has 1 saturated heterocycles. The van der Waals surface area contributed by atoms with E-state index in [1.165, 1.54) is 23.3 Å². The molecule has 0 saturated carbocycles. The van der Waals surface area contributed by atoms with Crippen molar-refractivity contribution >= 4 is 39.5 Å². The fourth-order valence-corrected chi connectivity index (χ4v) is 4.68. The molecule has 3 rings (SSSR count). The van der Waals surface area contributed by atoms with Gasteiger partial charge in [0.1, 0.15) is 5.82 Å². The Kier molecular flexibility index (Phi) is 7.76. The number of nitrogens with one attached hydrogen (secondary N) is 1. The van der Waals surface area contributed by atoms with E-state index in [1.807, 2.05) is 6.07 Å². The largest absolute Gasteiger partial charge is 0.368 e. The number of benzene rings is 1. The summed E-state index contributed by atoms with van der Waals surface area (Å²) in [4.78, 5) is 12.5. The lowest BCUT2D eigenvalue weighted by Crippen LogP contribution is -2.20. The van der Waals surface area contributed by atoms with Crippen molar-refractivity contribution in [1.29, 1.82) is 0 Å². The number of nitrogens with zero attached hydrogens (tertiary/aromatic N) is 3. The number of aryl methyl sites for hydroxylation is 1. The van der Waals surface area contributed by atoms with Crippen molar-refractivity contribution < 1.29 is 0 Å². The van der Waals surface area contributed by atoms with Gasteiger partial charge in [0.15, 0.2) is 0 Å². The predicted octanol–water partition coefficient (Wildman–Crippen LogP) is 5.57. The number of anilines is 2. The quantitative estimate of drug-likeness (QED) is 0.500. The van der Waals surface area contributed by atoms with E-state index in [-0.39, 0.29) is 0 Å². The molecule has 150 valence electrons. The molecule has 1 aliphatic rings. The second-order valence-corrected chi connectivity index (χ2v) is 9.08. The molecule has 0 amide bonds. The molecule has 0 unspecified atom stereocenters. The monoisotopic (exact) mass is 461 g/mol. The van der Waals surface area contributed by atoms with Crippen molar-refractivity contribution in [3.63, 3.8) is 0 Å². The smallest absolute Gasteiger partial charge is 0.222 e. The molecule has 5 nitrogen and oxygen atoms in total. The number of thioether (sulfide) groups is 1. The number of nitrogen functional groups attached to an aromatic ring is 1. The number of aromatic nitrogens is 2. The molecule has 0 radical (unpaired) electrons. The van der Waals surface area contributed by atoms with Crippen LogP contribution in [0.1, 0.15) is 43.9 Å². The van der Waals surface area contributed by atoms with Gasteiger partial charge in [-0.2, -0.15) is 4.98 Å². The molecule has 0 aliphatic carbocycles. The maximum absolute atomic E-state index is 5.99. The number of hydrogen-bond acceptors (Lipinski definition) is 6. The third-order valence-electron chi connectivity index (χ3n) is 4.62. The van der Waals surface area contributed by atoms with Crippen LogP contribution in [0.2, 0.25) is 0 Å². The molecule has 0 spiro atoms. The molecule has 7 heteroatoms. The molecule has 2 heterocycles. The number of rotatable bonds is 8. The molecule has 1 aromatic carbocycles. The lowest BCUT2D eigenvalue weighted by atomic mass is 10.2. The van der Waals surface area contributed by atoms with Crippen LogP contribution in [-0.4, -0.2) is 28.0 Å². The van der Waals surface area contributed by atoms with Crippen LogP contribution in [0.3, 0.4) is 0 Å². The van der Waals surface area contributed by atoms with E-state index in [0.717, 1.165) is 53.5 Å². The molecule has 0 atom stereocenters. The van der Waals surface area contributed by atoms with Crippen LogP contribution in [-0.2, 0) is 6.54 Å². The average Bonchev–Trinajstić information content (AvgIpc) is 3.15. The Labute approximate surface area is 180 Å². The Morgan fingerprint density at radius 3 is 2.82 bits per heavy atom. The zero-order chi connectivity index (χ0) is 19.9. The van der Waals surface area contributed by atoms with Crippen LogP contribution in [0, 0.1) is 6.92 Å². The Balaban J connectivity index is 1.78. The van der Waals surface area contributed by atoms with Gasteiger partial charge in [-0.25, -0.2) is 4.98 Å². The van der Waals surface area contributed by atoms with Crippen LogP contribution in [0.15, 0.2) is 44.7 Å². The molecule has 3 N–H and O–H groups in total. The normalized spacial score (nSPS) is 15.2. The minimum atomic E-state index is 0.317. The molecule has 0 bridgehead atoms. The standard InChI is InChI=1S/C21H28BrN5S/c1-3-4-7-20(28-18-12-16(22)9-8-15(18)2)25-19-13-17(24-21(23)26-19)14-27-10-5-6-11-27/h7-9,12-13H,3-6,10-11,14H2,1-2H3,(H3,23,24,25,26)/b20-7+. The fraction of sp³-hybridized carbons (Fsp3) is 0.429. The number of halogens is 1. The van der Waals surface area contributed by atoms with Gasteiger partial charge in [0.25, 0.3) is 0 Å². The number of allylic oxidation sites excluding steroid dienone is 1. The molecule has 2 aromatic rings. The van der Waals surface area contributed by atoms with Gasteiger partial charge in [0, 0.05) is 22.0 Å². The van der Waals surface area contributed by atoms with Crippen molar-refractivity contribution in [2.75, 3.05) is 24.1 Å². The highest BCUT2D eigenvalue weighted by molar-refractivity contribution is 9.10. The van der Waals surface area contributed by atoms with Crippen LogP contribution >= 0.6 is 27.7 Å². The lowest BCUT2D eigenvalue weighted by Gasteiger charge is -2.16. The van der Waals surface area contributed by atoms with E-state index in [0.29, 0.717) is 5.95 Å². The van der Waals surface area contributed by atoms with Gasteiger partial charge in [-0.3, -0.25) is 4.90 Å². The van der Waals surface area contributed by atoms with Gasteiger partial charge in [-0.15, -0.1) is 0 Å². The van der Waals surface area contributed by atoms with E-state index >= 15 is 0 Å². The summed E-state index contributed by atoms with van der Waals surface area (Å²) < 4.78 is 1.08. The maximum atomic E-state index is 5.99. The number of likely N-dealkylation sites (tertiary alicyclic amines) is 1. The summed E-state index contributed by atoms with van der Waals surface area (Å²) in [5.74, 6) is 1.07. The van der Waals surface area contributed by atoms with Crippen molar-refractivity contribution in [2.45, 2.75) is 51.0 Å². The third-order valence-corrected chi connectivity index (χ3v) is 6.26. The molecule has 1 aromatic heterocycles. The minimum Gasteiger partial charge on any atom is -0.368 e. The zero-order valence-electron chi connectivity index (χ0n) is 16.5. The first-order chi connectivity index (χ1) is 13.5. The molecule has 1 aliphatic heterocycles. The van der Waals surface area contributed by atoms with E-state index < -0.39 is 0 Å². The first-order valence-corrected chi connectivity index (χ1v) is 11.4. The van der Waals surface area contributed by atoms with Gasteiger partial charge < -0.3 is 11.1 Å². The summed E-state index contributed by atoms with van der Waals surface area (Å²) in [5, 5.41) is 4.54. The van der Waals surface area contributed by atoms with Gasteiger partial charge in [-0.05, 0) is 57.0 Å². The molecular formula is C21H28BrN5S. The van der Waals surface area contributed by atoms with Gasteiger partial charge in [0.05, 0.1) is 10.7 Å². The predicted molar refractivity (Wildman–Crippen MR) is 122 cm³/mol. The van der Waals surface area contributed by atoms with Crippen LogP contribution in [0.5, 0.6) is 0 Å². The van der Waals surface area contributed by atoms with Gasteiger partial charge in [-0.1, -0.05) is 53.2 Å². The number of hydrogen-bond donors (Lipinski definition) is 2. The second kappa shape index (κ2) is 10.3. The SMILES string of the molecule is CCC/C=C(\Nc1cc(CN2CCCC2)nc(N)n1)Sc1cc(Br)ccc1C. The van der Waals surface area contributed by atoms with Crippen LogP contribution in [0.4, 0.5) is 11.8 Å². The fourth-order valence-electron chi connectivity index (χ4n) is 3.15. The average molecular weight is 462 g/mol. The van der Waals surface area contributed by atoms with Crippen molar-refractivity contribution in [3.05, 3.63) is 51.1 Å². The summed E-state index contributed by atoms with van der Waals surface area (Å²) in [6.45, 7) is 7.40. The summed E-state index contributed by atoms with van der Waals surface area (Å²) >= 11 is 5.29. The molecule has 1 fully saturated rings. The van der Waals surface area contributed by atoms with E-state index in [1.54, 1.807) is 11.8 Å². The topological polar surface area (TPSA) is 67.1 Å². The van der Waals surface area contributed by atoms with E-state index in [4.69, 9.17) is 5.73 Å². The van der Waals surface area contributed by atoms with Crippen LogP contribution in [0.25, 0.3) is 0 Å². The zero-order valence-corrected chi connectivity index (χ0v) is 18.9. The highest BCUT2D eigenvalue weighted by Gasteiger charge is 2.14. The van der Waals surface area contributed by atoms with E-state index in [2.05, 4.69) is 74.2 Å².